The Morgan fingerprint density at radius 3 is 2.86 bits per heavy atom. The van der Waals surface area contributed by atoms with Crippen LogP contribution >= 0.6 is 23.1 Å². The Kier molecular flexibility index (Phi) is 5.24. The minimum Gasteiger partial charge on any atom is -0.481 e. The molecule has 21 heavy (non-hydrogen) atoms. The van der Waals surface area contributed by atoms with Crippen LogP contribution in [0.2, 0.25) is 0 Å². The number of carboxylic acid groups (broad SMARTS) is 1. The Bertz CT molecular complexity index is 532. The molecule has 0 bridgehead atoms. The largest absolute Gasteiger partial charge is 0.481 e. The fourth-order valence-corrected chi connectivity index (χ4v) is 4.12. The highest BCUT2D eigenvalue weighted by Gasteiger charge is 2.34. The van der Waals surface area contributed by atoms with Crippen LogP contribution in [-0.4, -0.2) is 45.5 Å². The average Bonchev–Trinajstić information content (AvgIpc) is 3.08. The molecule has 2 heterocycles. The molecule has 114 valence electrons. The first-order valence-electron chi connectivity index (χ1n) is 6.39. The molecule has 0 radical (unpaired) electrons. The van der Waals surface area contributed by atoms with Crippen LogP contribution in [0.4, 0.5) is 0 Å². The summed E-state index contributed by atoms with van der Waals surface area (Å²) in [6.45, 7) is 1.43. The molecule has 1 fully saturated rings. The summed E-state index contributed by atoms with van der Waals surface area (Å²) in [6.07, 6.45) is -0.174. The molecule has 2 amide bonds. The molecule has 2 atom stereocenters. The highest BCUT2D eigenvalue weighted by atomic mass is 32.2. The van der Waals surface area contributed by atoms with Crippen molar-refractivity contribution < 1.29 is 19.5 Å². The van der Waals surface area contributed by atoms with E-state index in [1.54, 1.807) is 6.07 Å². The van der Waals surface area contributed by atoms with E-state index in [4.69, 9.17) is 5.11 Å². The summed E-state index contributed by atoms with van der Waals surface area (Å²) in [5.74, 6) is -0.384. The zero-order chi connectivity index (χ0) is 15.4. The topological polar surface area (TPSA) is 86.7 Å². The van der Waals surface area contributed by atoms with Crippen molar-refractivity contribution in [1.82, 2.24) is 10.2 Å². The Labute approximate surface area is 130 Å². The van der Waals surface area contributed by atoms with Crippen LogP contribution in [-0.2, 0) is 14.4 Å². The fourth-order valence-electron chi connectivity index (χ4n) is 2.13. The summed E-state index contributed by atoms with van der Waals surface area (Å²) in [6, 6.07) is 2.53. The molecular weight excluding hydrogens is 312 g/mol. The summed E-state index contributed by atoms with van der Waals surface area (Å²) >= 11 is 2.92. The van der Waals surface area contributed by atoms with Crippen LogP contribution < -0.4 is 5.32 Å². The second kappa shape index (κ2) is 6.95. The lowest BCUT2D eigenvalue weighted by molar-refractivity contribution is -0.139. The zero-order valence-electron chi connectivity index (χ0n) is 11.4. The summed E-state index contributed by atoms with van der Waals surface area (Å²) in [7, 11) is 0. The third kappa shape index (κ3) is 3.98. The van der Waals surface area contributed by atoms with Crippen LogP contribution in [0.3, 0.4) is 0 Å². The summed E-state index contributed by atoms with van der Waals surface area (Å²) in [4.78, 5) is 37.1. The number of carboxylic acids is 1. The maximum Gasteiger partial charge on any atom is 0.305 e. The number of carbonyl (C=O) groups excluding carboxylic acids is 2. The van der Waals surface area contributed by atoms with Crippen molar-refractivity contribution in [3.63, 3.8) is 0 Å². The quantitative estimate of drug-likeness (QED) is 0.851. The predicted octanol–water partition coefficient (Wildman–Crippen LogP) is 1.30. The number of aliphatic carboxylic acids is 1. The maximum atomic E-state index is 12.3. The van der Waals surface area contributed by atoms with Gasteiger partial charge in [-0.15, -0.1) is 23.1 Å². The van der Waals surface area contributed by atoms with E-state index in [-0.39, 0.29) is 18.2 Å². The van der Waals surface area contributed by atoms with Gasteiger partial charge in [-0.3, -0.25) is 14.4 Å². The molecule has 1 saturated heterocycles. The van der Waals surface area contributed by atoms with E-state index in [0.717, 1.165) is 4.88 Å². The van der Waals surface area contributed by atoms with Crippen molar-refractivity contribution in [3.8, 4) is 0 Å². The number of hydrogen-bond acceptors (Lipinski definition) is 5. The fraction of sp³-hybridized carbons (Fsp3) is 0.462. The van der Waals surface area contributed by atoms with Gasteiger partial charge in [-0.05, 0) is 11.4 Å². The summed E-state index contributed by atoms with van der Waals surface area (Å²) < 4.78 is 0. The molecular formula is C13H16N2O4S2. The van der Waals surface area contributed by atoms with E-state index in [1.807, 2.05) is 11.4 Å². The third-order valence-electron chi connectivity index (χ3n) is 3.17. The van der Waals surface area contributed by atoms with Gasteiger partial charge in [0.15, 0.2) is 0 Å². The van der Waals surface area contributed by atoms with Crippen LogP contribution in [0.15, 0.2) is 17.5 Å². The molecule has 8 heteroatoms. The monoisotopic (exact) mass is 328 g/mol. The molecule has 0 aliphatic carbocycles. The summed E-state index contributed by atoms with van der Waals surface area (Å²) in [5.41, 5.74) is 0. The second-order valence-electron chi connectivity index (χ2n) is 4.68. The SMILES string of the molecule is CC(=O)N1CSC[C@H]1C(=O)N[C@@H](CC(=O)O)c1cccs1. The Hall–Kier alpha value is -1.54. The van der Waals surface area contributed by atoms with Crippen LogP contribution in [0, 0.1) is 0 Å². The van der Waals surface area contributed by atoms with Gasteiger partial charge >= 0.3 is 5.97 Å². The predicted molar refractivity (Wildman–Crippen MR) is 81.1 cm³/mol. The Morgan fingerprint density at radius 1 is 1.52 bits per heavy atom. The maximum absolute atomic E-state index is 12.3. The van der Waals surface area contributed by atoms with Gasteiger partial charge in [0, 0.05) is 17.6 Å². The van der Waals surface area contributed by atoms with Crippen molar-refractivity contribution >= 4 is 40.9 Å². The lowest BCUT2D eigenvalue weighted by Crippen LogP contribution is -2.47. The smallest absolute Gasteiger partial charge is 0.305 e. The lowest BCUT2D eigenvalue weighted by Gasteiger charge is -2.24. The van der Waals surface area contributed by atoms with Crippen LogP contribution in [0.25, 0.3) is 0 Å². The molecule has 6 nitrogen and oxygen atoms in total. The van der Waals surface area contributed by atoms with Gasteiger partial charge in [0.05, 0.1) is 18.3 Å². The number of nitrogens with zero attached hydrogens (tertiary/aromatic N) is 1. The molecule has 1 aromatic heterocycles. The van der Waals surface area contributed by atoms with Gasteiger partial charge in [0.1, 0.15) is 6.04 Å². The highest BCUT2D eigenvalue weighted by molar-refractivity contribution is 7.99. The van der Waals surface area contributed by atoms with Gasteiger partial charge in [-0.25, -0.2) is 0 Å². The van der Waals surface area contributed by atoms with E-state index in [0.29, 0.717) is 11.6 Å². The van der Waals surface area contributed by atoms with Crippen LogP contribution in [0.5, 0.6) is 0 Å². The molecule has 1 aromatic rings. The molecule has 2 rings (SSSR count). The minimum atomic E-state index is -0.974. The first kappa shape index (κ1) is 15.8. The Balaban J connectivity index is 2.07. The van der Waals surface area contributed by atoms with Gasteiger partial charge in [0.25, 0.3) is 0 Å². The lowest BCUT2D eigenvalue weighted by atomic mass is 10.1. The average molecular weight is 328 g/mol. The highest BCUT2D eigenvalue weighted by Crippen LogP contribution is 2.25. The number of nitrogens with one attached hydrogen (secondary N) is 1. The van der Waals surface area contributed by atoms with E-state index >= 15 is 0 Å². The standard InChI is InChI=1S/C13H16N2O4S2/c1-8(16)15-7-20-6-10(15)13(19)14-9(5-12(17)18)11-3-2-4-21-11/h2-4,9-10H,5-7H2,1H3,(H,14,19)(H,17,18)/t9-,10-/m0/s1. The van der Waals surface area contributed by atoms with E-state index in [2.05, 4.69) is 5.32 Å². The molecule has 1 aliphatic heterocycles. The van der Waals surface area contributed by atoms with Crippen molar-refractivity contribution in [1.29, 1.82) is 0 Å². The van der Waals surface area contributed by atoms with Crippen molar-refractivity contribution in [3.05, 3.63) is 22.4 Å². The molecule has 2 N–H and O–H groups in total. The van der Waals surface area contributed by atoms with Crippen molar-refractivity contribution in [2.24, 2.45) is 0 Å². The van der Waals surface area contributed by atoms with E-state index in [1.165, 1.54) is 34.9 Å². The minimum absolute atomic E-state index is 0.147. The molecule has 0 saturated carbocycles. The zero-order valence-corrected chi connectivity index (χ0v) is 13.1. The van der Waals surface area contributed by atoms with Gasteiger partial charge < -0.3 is 15.3 Å². The van der Waals surface area contributed by atoms with E-state index < -0.39 is 18.1 Å². The van der Waals surface area contributed by atoms with Gasteiger partial charge in [-0.2, -0.15) is 0 Å². The van der Waals surface area contributed by atoms with Gasteiger partial charge in [0.2, 0.25) is 11.8 Å². The summed E-state index contributed by atoms with van der Waals surface area (Å²) in [5, 5.41) is 13.6. The number of thioether (sulfide) groups is 1. The van der Waals surface area contributed by atoms with Crippen molar-refractivity contribution in [2.45, 2.75) is 25.4 Å². The molecule has 0 aromatic carbocycles. The number of amides is 2. The number of hydrogen-bond donors (Lipinski definition) is 2. The first-order chi connectivity index (χ1) is 9.99. The van der Waals surface area contributed by atoms with Crippen molar-refractivity contribution in [2.75, 3.05) is 11.6 Å². The van der Waals surface area contributed by atoms with E-state index in [9.17, 15) is 14.4 Å². The second-order valence-corrected chi connectivity index (χ2v) is 6.66. The normalized spacial score (nSPS) is 19.3. The number of rotatable bonds is 5. The number of thiophene rings is 1. The third-order valence-corrected chi connectivity index (χ3v) is 5.17. The van der Waals surface area contributed by atoms with Crippen LogP contribution in [0.1, 0.15) is 24.3 Å². The number of carbonyl (C=O) groups is 3. The molecule has 0 spiro atoms. The molecule has 1 aliphatic rings. The first-order valence-corrected chi connectivity index (χ1v) is 8.43. The van der Waals surface area contributed by atoms with Gasteiger partial charge in [-0.1, -0.05) is 6.07 Å². The molecule has 0 unspecified atom stereocenters. The Morgan fingerprint density at radius 2 is 2.29 bits per heavy atom.